The fourth-order valence-electron chi connectivity index (χ4n) is 3.07. The van der Waals surface area contributed by atoms with Crippen molar-refractivity contribution >= 4 is 81.6 Å². The van der Waals surface area contributed by atoms with E-state index in [4.69, 9.17) is 51.1 Å². The highest BCUT2D eigenvalue weighted by Gasteiger charge is 2.45. The number of hydrogen-bond acceptors (Lipinski definition) is 6. The van der Waals surface area contributed by atoms with E-state index in [0.717, 1.165) is 0 Å². The van der Waals surface area contributed by atoms with Crippen LogP contribution in [-0.2, 0) is 14.3 Å². The molecule has 0 radical (unpaired) electrons. The lowest BCUT2D eigenvalue weighted by atomic mass is 10.1. The number of fused-ring (bicyclic) bond motifs is 1. The average Bonchev–Trinajstić information content (AvgIpc) is 3.04. The van der Waals surface area contributed by atoms with E-state index in [1.165, 1.54) is 38.1 Å². The van der Waals surface area contributed by atoms with Gasteiger partial charge in [-0.3, -0.25) is 24.1 Å². The van der Waals surface area contributed by atoms with Crippen molar-refractivity contribution in [3.8, 4) is 0 Å². The molecule has 2 aromatic rings. The first-order chi connectivity index (χ1) is 15.5. The Morgan fingerprint density at radius 1 is 0.909 bits per heavy atom. The summed E-state index contributed by atoms with van der Waals surface area (Å²) in [5, 5.41) is 1.56. The summed E-state index contributed by atoms with van der Waals surface area (Å²) in [5.74, 6) is -3.62. The Bertz CT molecular complexity index is 1170. The van der Waals surface area contributed by atoms with Crippen molar-refractivity contribution in [1.29, 1.82) is 0 Å². The summed E-state index contributed by atoms with van der Waals surface area (Å²) >= 11 is 24.1. The van der Waals surface area contributed by atoms with Gasteiger partial charge >= 0.3 is 5.97 Å². The molecule has 2 aromatic carbocycles. The number of esters is 1. The number of anilines is 1. The number of carbonyl (C=O) groups is 5. The SMILES string of the molecule is CC(=O)c1ccc(NC(=O)COC(=O)[C@@H](C)N2C(=O)c3c(Cl)c(Cl)c(Cl)c(Cl)c3C2=O)cc1. The lowest BCUT2D eigenvalue weighted by Gasteiger charge is -2.20. The summed E-state index contributed by atoms with van der Waals surface area (Å²) in [5.41, 5.74) is 0.310. The fourth-order valence-corrected chi connectivity index (χ4v) is 4.08. The number of nitrogens with zero attached hydrogens (tertiary/aromatic N) is 1. The van der Waals surface area contributed by atoms with Gasteiger partial charge in [0, 0.05) is 11.3 Å². The van der Waals surface area contributed by atoms with Crippen molar-refractivity contribution in [2.45, 2.75) is 19.9 Å². The van der Waals surface area contributed by atoms with Gasteiger partial charge in [-0.15, -0.1) is 0 Å². The number of halogens is 4. The van der Waals surface area contributed by atoms with E-state index in [2.05, 4.69) is 5.32 Å². The van der Waals surface area contributed by atoms with Gasteiger partial charge in [0.25, 0.3) is 17.7 Å². The van der Waals surface area contributed by atoms with Crippen LogP contribution in [0.1, 0.15) is 44.9 Å². The van der Waals surface area contributed by atoms with Gasteiger partial charge in [-0.25, -0.2) is 4.79 Å². The Kier molecular flexibility index (Phi) is 7.33. The predicted octanol–water partition coefficient (Wildman–Crippen LogP) is 4.67. The van der Waals surface area contributed by atoms with Gasteiger partial charge in [0.15, 0.2) is 12.4 Å². The summed E-state index contributed by atoms with van der Waals surface area (Å²) in [7, 11) is 0. The molecule has 8 nitrogen and oxygen atoms in total. The van der Waals surface area contributed by atoms with Crippen molar-refractivity contribution in [1.82, 2.24) is 4.90 Å². The molecular formula is C21H14Cl4N2O6. The highest BCUT2D eigenvalue weighted by atomic mass is 35.5. The molecule has 0 saturated heterocycles. The summed E-state index contributed by atoms with van der Waals surface area (Å²) in [6, 6.07) is 4.69. The third kappa shape index (κ3) is 4.70. The number of carbonyl (C=O) groups excluding carboxylic acids is 5. The van der Waals surface area contributed by atoms with Gasteiger partial charge in [0.05, 0.1) is 31.2 Å². The molecule has 172 valence electrons. The Morgan fingerprint density at radius 2 is 1.39 bits per heavy atom. The predicted molar refractivity (Wildman–Crippen MR) is 122 cm³/mol. The lowest BCUT2D eigenvalue weighted by molar-refractivity contribution is -0.150. The molecule has 0 aliphatic carbocycles. The third-order valence-corrected chi connectivity index (χ3v) is 6.58. The molecular weight excluding hydrogens is 518 g/mol. The summed E-state index contributed by atoms with van der Waals surface area (Å²) < 4.78 is 4.95. The second-order valence-electron chi connectivity index (χ2n) is 6.95. The second kappa shape index (κ2) is 9.69. The van der Waals surface area contributed by atoms with Crippen molar-refractivity contribution in [3.63, 3.8) is 0 Å². The van der Waals surface area contributed by atoms with Crippen LogP contribution in [0.4, 0.5) is 5.69 Å². The molecule has 0 unspecified atom stereocenters. The Hall–Kier alpha value is -2.65. The van der Waals surface area contributed by atoms with Crippen molar-refractivity contribution < 1.29 is 28.7 Å². The molecule has 0 fully saturated rings. The number of rotatable bonds is 6. The Labute approximate surface area is 207 Å². The van der Waals surface area contributed by atoms with E-state index in [9.17, 15) is 24.0 Å². The minimum Gasteiger partial charge on any atom is -0.454 e. The largest absolute Gasteiger partial charge is 0.454 e. The normalized spacial score (nSPS) is 13.6. The van der Waals surface area contributed by atoms with Crippen LogP contribution in [0.2, 0.25) is 20.1 Å². The first kappa shape index (κ1) is 25.0. The first-order valence-electron chi connectivity index (χ1n) is 9.27. The summed E-state index contributed by atoms with van der Waals surface area (Å²) in [6.45, 7) is 1.97. The van der Waals surface area contributed by atoms with Gasteiger partial charge in [0.2, 0.25) is 0 Å². The maximum absolute atomic E-state index is 12.8. The molecule has 3 rings (SSSR count). The molecule has 1 atom stereocenters. The standard InChI is InChI=1S/C21H14Cl4N2O6/c1-8(21(32)33-7-12(29)26-11-5-3-10(4-6-11)9(2)28)27-19(30)13-14(20(27)31)16(23)18(25)17(24)15(13)22/h3-6,8H,7H2,1-2H3,(H,26,29)/t8-/m1/s1. The molecule has 0 bridgehead atoms. The molecule has 3 amide bonds. The second-order valence-corrected chi connectivity index (χ2v) is 8.46. The van der Waals surface area contributed by atoms with E-state index in [1.807, 2.05) is 0 Å². The highest BCUT2D eigenvalue weighted by molar-refractivity contribution is 6.55. The quantitative estimate of drug-likeness (QED) is 0.191. The van der Waals surface area contributed by atoms with E-state index >= 15 is 0 Å². The van der Waals surface area contributed by atoms with Gasteiger partial charge in [0.1, 0.15) is 6.04 Å². The zero-order chi connectivity index (χ0) is 24.6. The number of hydrogen-bond donors (Lipinski definition) is 1. The average molecular weight is 532 g/mol. The van der Waals surface area contributed by atoms with Crippen molar-refractivity contribution in [3.05, 3.63) is 61.0 Å². The molecule has 33 heavy (non-hydrogen) atoms. The number of imide groups is 1. The first-order valence-corrected chi connectivity index (χ1v) is 10.8. The molecule has 0 aromatic heterocycles. The number of ether oxygens (including phenoxy) is 1. The van der Waals surface area contributed by atoms with Crippen LogP contribution < -0.4 is 5.32 Å². The fraction of sp³-hybridized carbons (Fsp3) is 0.190. The molecule has 1 aliphatic rings. The van der Waals surface area contributed by atoms with Crippen LogP contribution in [0.25, 0.3) is 0 Å². The molecule has 1 N–H and O–H groups in total. The van der Waals surface area contributed by atoms with Gasteiger partial charge in [-0.05, 0) is 38.1 Å². The summed E-state index contributed by atoms with van der Waals surface area (Å²) in [4.78, 5) is 62.0. The molecule has 0 spiro atoms. The lowest BCUT2D eigenvalue weighted by Crippen LogP contribution is -2.44. The number of amides is 3. The number of ketones is 1. The Balaban J connectivity index is 1.67. The van der Waals surface area contributed by atoms with Gasteiger partial charge < -0.3 is 10.1 Å². The van der Waals surface area contributed by atoms with Crippen molar-refractivity contribution in [2.24, 2.45) is 0 Å². The number of benzene rings is 2. The van der Waals surface area contributed by atoms with Crippen LogP contribution >= 0.6 is 46.4 Å². The minimum atomic E-state index is -1.40. The van der Waals surface area contributed by atoms with Crippen LogP contribution in [0.15, 0.2) is 24.3 Å². The molecule has 0 saturated carbocycles. The topological polar surface area (TPSA) is 110 Å². The maximum Gasteiger partial charge on any atom is 0.329 e. The third-order valence-electron chi connectivity index (χ3n) is 4.78. The van der Waals surface area contributed by atoms with Crippen molar-refractivity contribution in [2.75, 3.05) is 11.9 Å². The van der Waals surface area contributed by atoms with Crippen LogP contribution in [0.5, 0.6) is 0 Å². The maximum atomic E-state index is 12.8. The minimum absolute atomic E-state index is 0.129. The monoisotopic (exact) mass is 530 g/mol. The van der Waals surface area contributed by atoms with E-state index in [1.54, 1.807) is 0 Å². The van der Waals surface area contributed by atoms with Gasteiger partial charge in [-0.2, -0.15) is 0 Å². The van der Waals surface area contributed by atoms with E-state index in [-0.39, 0.29) is 37.0 Å². The van der Waals surface area contributed by atoms with Gasteiger partial charge in [-0.1, -0.05) is 46.4 Å². The van der Waals surface area contributed by atoms with Crippen LogP contribution in [-0.4, -0.2) is 47.0 Å². The molecule has 1 aliphatic heterocycles. The van der Waals surface area contributed by atoms with Crippen LogP contribution in [0.3, 0.4) is 0 Å². The zero-order valence-electron chi connectivity index (χ0n) is 17.0. The zero-order valence-corrected chi connectivity index (χ0v) is 20.0. The smallest absolute Gasteiger partial charge is 0.329 e. The summed E-state index contributed by atoms with van der Waals surface area (Å²) in [6.07, 6.45) is 0. The molecule has 12 heteroatoms. The number of Topliss-reactive ketones (excluding diaryl/α,β-unsaturated/α-hetero) is 1. The van der Waals surface area contributed by atoms with Crippen LogP contribution in [0, 0.1) is 0 Å². The highest BCUT2D eigenvalue weighted by Crippen LogP contribution is 2.45. The Morgan fingerprint density at radius 3 is 1.85 bits per heavy atom. The van der Waals surface area contributed by atoms with E-state index in [0.29, 0.717) is 16.2 Å². The number of nitrogens with one attached hydrogen (secondary N) is 1. The van der Waals surface area contributed by atoms with E-state index < -0.39 is 36.3 Å². The molecule has 1 heterocycles.